The molecule has 2 heterocycles. The van der Waals surface area contributed by atoms with Gasteiger partial charge < -0.3 is 40.4 Å². The molecule has 0 bridgehead atoms. The maximum atomic E-state index is 11.4. The lowest BCUT2D eigenvalue weighted by molar-refractivity contribution is 0.123. The molecule has 0 radical (unpaired) electrons. The summed E-state index contributed by atoms with van der Waals surface area (Å²) in [7, 11) is 8.78. The maximum Gasteiger partial charge on any atom is 0.214 e. The molecule has 13 heteroatoms. The highest BCUT2D eigenvalue weighted by Crippen LogP contribution is 2.54. The standard InChI is InChI=1S/C20H22N2O4S2.C4H12N2S2.C2H6O/c1-21(10-12-23)16-4-2-15(3-5-16)8-9-20-22(11-13-26-20)18-7-6-17(28(24)25)14-19(18)27-20;5-1-3-7-8-4-2-6;1-3-2/h2-9,14,23H,10-13H2,1H3,(H,24,25);1-6H2;1-2H3/b9-8+;;. The Morgan fingerprint density at radius 3 is 2.38 bits per heavy atom. The van der Waals surface area contributed by atoms with Crippen molar-refractivity contribution in [2.24, 2.45) is 11.5 Å². The molecule has 6 N–H and O–H groups in total. The Bertz CT molecular complexity index is 1040. The lowest BCUT2D eigenvalue weighted by Crippen LogP contribution is -2.36. The van der Waals surface area contributed by atoms with E-state index in [2.05, 4.69) is 9.64 Å². The average Bonchev–Trinajstić information content (AvgIpc) is 3.47. The van der Waals surface area contributed by atoms with Crippen LogP contribution in [-0.4, -0.2) is 91.1 Å². The number of nitrogens with two attached hydrogens (primary N) is 2. The second-order valence-corrected chi connectivity index (χ2v) is 13.2. The molecule has 0 amide bonds. The molecule has 1 fully saturated rings. The van der Waals surface area contributed by atoms with Crippen molar-refractivity contribution in [2.45, 2.75) is 14.8 Å². The minimum Gasteiger partial charge on any atom is -0.395 e. The number of hydrogen-bond acceptors (Lipinski definition) is 11. The van der Waals surface area contributed by atoms with Crippen molar-refractivity contribution in [3.05, 3.63) is 54.1 Å². The van der Waals surface area contributed by atoms with E-state index in [1.54, 1.807) is 59.7 Å². The van der Waals surface area contributed by atoms with Gasteiger partial charge in [-0.2, -0.15) is 0 Å². The monoisotopic (exact) mass is 616 g/mol. The fourth-order valence-corrected chi connectivity index (χ4v) is 7.21. The minimum absolute atomic E-state index is 0.122. The highest BCUT2D eigenvalue weighted by atomic mass is 33.1. The number of likely N-dealkylation sites (N-methyl/N-ethyl adjacent to an activating group) is 1. The Hall–Kier alpha value is -1.26. The topological polar surface area (TPSA) is 135 Å². The first kappa shape index (κ1) is 33.9. The Kier molecular flexibility index (Phi) is 15.9. The summed E-state index contributed by atoms with van der Waals surface area (Å²) in [5.74, 6) is 2.06. The minimum atomic E-state index is -1.99. The van der Waals surface area contributed by atoms with E-state index in [-0.39, 0.29) is 6.61 Å². The predicted molar refractivity (Wildman–Crippen MR) is 169 cm³/mol. The summed E-state index contributed by atoms with van der Waals surface area (Å²) >= 11 is -0.438. The molecule has 218 valence electrons. The van der Waals surface area contributed by atoms with Gasteiger partial charge in [0.1, 0.15) is 0 Å². The van der Waals surface area contributed by atoms with Gasteiger partial charge in [0.25, 0.3) is 0 Å². The molecule has 0 saturated carbocycles. The van der Waals surface area contributed by atoms with Gasteiger partial charge in [-0.1, -0.05) is 51.6 Å². The second kappa shape index (κ2) is 18.2. The maximum absolute atomic E-state index is 11.4. The van der Waals surface area contributed by atoms with Crippen LogP contribution in [0.2, 0.25) is 0 Å². The van der Waals surface area contributed by atoms with Crippen LogP contribution in [0.25, 0.3) is 6.08 Å². The molecule has 39 heavy (non-hydrogen) atoms. The summed E-state index contributed by atoms with van der Waals surface area (Å²) in [6, 6.07) is 13.5. The number of methoxy groups -OCH3 is 1. The van der Waals surface area contributed by atoms with Crippen molar-refractivity contribution in [1.29, 1.82) is 0 Å². The number of thioether (sulfide) groups is 1. The van der Waals surface area contributed by atoms with Crippen LogP contribution in [0, 0.1) is 0 Å². The van der Waals surface area contributed by atoms with Gasteiger partial charge in [0.05, 0.1) is 23.8 Å². The summed E-state index contributed by atoms with van der Waals surface area (Å²) < 4.78 is 31.1. The summed E-state index contributed by atoms with van der Waals surface area (Å²) in [5, 5.41) is 8.44. The zero-order valence-electron chi connectivity index (χ0n) is 22.7. The first-order chi connectivity index (χ1) is 18.8. The molecule has 2 aromatic rings. The van der Waals surface area contributed by atoms with E-state index in [4.69, 9.17) is 21.3 Å². The molecule has 0 aliphatic carbocycles. The van der Waals surface area contributed by atoms with Crippen LogP contribution < -0.4 is 21.3 Å². The van der Waals surface area contributed by atoms with Crippen LogP contribution in [0.15, 0.2) is 58.3 Å². The number of fused-ring (bicyclic) bond motifs is 3. The van der Waals surface area contributed by atoms with Crippen molar-refractivity contribution in [3.8, 4) is 0 Å². The number of aliphatic hydroxyl groups excluding tert-OH is 1. The third kappa shape index (κ3) is 10.3. The number of hydrogen-bond donors (Lipinski definition) is 4. The third-order valence-electron chi connectivity index (χ3n) is 5.42. The summed E-state index contributed by atoms with van der Waals surface area (Å²) in [6.07, 6.45) is 4.09. The molecule has 2 aliphatic rings. The van der Waals surface area contributed by atoms with Crippen LogP contribution in [0.5, 0.6) is 0 Å². The molecular formula is C26H40N4O5S4. The summed E-state index contributed by atoms with van der Waals surface area (Å²) in [4.78, 5) is 5.54. The van der Waals surface area contributed by atoms with Gasteiger partial charge >= 0.3 is 0 Å². The Morgan fingerprint density at radius 1 is 1.18 bits per heavy atom. The number of ether oxygens (including phenoxy) is 2. The first-order valence-corrected chi connectivity index (χ1v) is 16.8. The van der Waals surface area contributed by atoms with Crippen LogP contribution in [0.4, 0.5) is 11.4 Å². The highest BCUT2D eigenvalue weighted by Gasteiger charge is 2.47. The van der Waals surface area contributed by atoms with Crippen LogP contribution in [0.3, 0.4) is 0 Å². The molecule has 2 aromatic carbocycles. The summed E-state index contributed by atoms with van der Waals surface area (Å²) in [6.45, 7) is 3.66. The fourth-order valence-electron chi connectivity index (χ4n) is 3.66. The van der Waals surface area contributed by atoms with Crippen molar-refractivity contribution in [1.82, 2.24) is 0 Å². The number of benzene rings is 2. The van der Waals surface area contributed by atoms with Crippen molar-refractivity contribution >= 4 is 61.9 Å². The third-order valence-corrected chi connectivity index (χ3v) is 9.86. The number of anilines is 2. The van der Waals surface area contributed by atoms with Gasteiger partial charge in [0.15, 0.2) is 11.1 Å². The SMILES string of the molecule is CN(CCO)c1ccc(/C=C/C23OCCN2c2ccc(S(=O)O)cc2S3)cc1.COC.NCCSSCCN. The van der Waals surface area contributed by atoms with Gasteiger partial charge in [0, 0.05) is 69.5 Å². The van der Waals surface area contributed by atoms with Crippen molar-refractivity contribution in [3.63, 3.8) is 0 Å². The molecule has 0 spiro atoms. The predicted octanol–water partition coefficient (Wildman–Crippen LogP) is 3.55. The molecule has 2 atom stereocenters. The summed E-state index contributed by atoms with van der Waals surface area (Å²) in [5.41, 5.74) is 13.6. The molecule has 0 aromatic heterocycles. The van der Waals surface area contributed by atoms with Gasteiger partial charge in [0.2, 0.25) is 5.06 Å². The molecule has 2 unspecified atom stereocenters. The van der Waals surface area contributed by atoms with E-state index in [1.807, 2.05) is 54.4 Å². The van der Waals surface area contributed by atoms with Gasteiger partial charge in [-0.05, 0) is 42.0 Å². The Morgan fingerprint density at radius 2 is 1.82 bits per heavy atom. The van der Waals surface area contributed by atoms with Gasteiger partial charge in [-0.25, -0.2) is 4.21 Å². The van der Waals surface area contributed by atoms with E-state index >= 15 is 0 Å². The van der Waals surface area contributed by atoms with E-state index in [0.717, 1.165) is 53.0 Å². The molecule has 1 saturated heterocycles. The average molecular weight is 617 g/mol. The van der Waals surface area contributed by atoms with E-state index in [0.29, 0.717) is 18.0 Å². The molecule has 2 aliphatic heterocycles. The number of nitrogens with zero attached hydrogens (tertiary/aromatic N) is 2. The van der Waals surface area contributed by atoms with Crippen molar-refractivity contribution < 1.29 is 23.3 Å². The number of aliphatic hydroxyl groups is 1. The van der Waals surface area contributed by atoms with Crippen molar-refractivity contribution in [2.75, 3.05) is 82.0 Å². The van der Waals surface area contributed by atoms with Gasteiger partial charge in [-0.3, -0.25) is 0 Å². The zero-order valence-corrected chi connectivity index (χ0v) is 25.9. The largest absolute Gasteiger partial charge is 0.395 e. The highest BCUT2D eigenvalue weighted by molar-refractivity contribution is 8.76. The van der Waals surface area contributed by atoms with Gasteiger partial charge in [-0.15, -0.1) is 0 Å². The van der Waals surface area contributed by atoms with Crippen LogP contribution in [0.1, 0.15) is 5.56 Å². The zero-order chi connectivity index (χ0) is 28.7. The normalized spacial score (nSPS) is 18.1. The smallest absolute Gasteiger partial charge is 0.214 e. The first-order valence-electron chi connectivity index (χ1n) is 12.4. The van der Waals surface area contributed by atoms with E-state index in [9.17, 15) is 8.76 Å². The lowest BCUT2D eigenvalue weighted by atomic mass is 10.1. The van der Waals surface area contributed by atoms with E-state index in [1.165, 1.54) is 0 Å². The fraction of sp³-hybridized carbons (Fsp3) is 0.462. The number of rotatable bonds is 11. The Balaban J connectivity index is 0.000000413. The quantitative estimate of drug-likeness (QED) is 0.167. The molecular weight excluding hydrogens is 577 g/mol. The Labute approximate surface area is 246 Å². The van der Waals surface area contributed by atoms with Crippen LogP contribution >= 0.6 is 33.3 Å². The second-order valence-electron chi connectivity index (χ2n) is 8.31. The van der Waals surface area contributed by atoms with E-state index < -0.39 is 16.1 Å². The van der Waals surface area contributed by atoms with Crippen LogP contribution in [-0.2, 0) is 20.6 Å². The molecule has 9 nitrogen and oxygen atoms in total. The molecule has 4 rings (SSSR count). The lowest BCUT2D eigenvalue weighted by Gasteiger charge is -2.27.